The van der Waals surface area contributed by atoms with Crippen LogP contribution in [0.5, 0.6) is 5.75 Å². The number of aliphatic hydroxyl groups is 2. The SMILES string of the molecule is NCC(O)Cc1cccc(OCC2(O)CCCC2)c1. The van der Waals surface area contributed by atoms with Gasteiger partial charge >= 0.3 is 0 Å². The van der Waals surface area contributed by atoms with Crippen LogP contribution in [0, 0.1) is 0 Å². The second kappa shape index (κ2) is 6.37. The zero-order valence-electron chi connectivity index (χ0n) is 11.2. The van der Waals surface area contributed by atoms with Gasteiger partial charge in [0.1, 0.15) is 12.4 Å². The predicted octanol–water partition coefficient (Wildman–Crippen LogP) is 1.23. The summed E-state index contributed by atoms with van der Waals surface area (Å²) >= 11 is 0. The molecular weight excluding hydrogens is 242 g/mol. The molecular formula is C15H23NO3. The van der Waals surface area contributed by atoms with Crippen molar-refractivity contribution in [2.75, 3.05) is 13.2 Å². The van der Waals surface area contributed by atoms with Crippen LogP contribution in [-0.4, -0.2) is 35.1 Å². The summed E-state index contributed by atoms with van der Waals surface area (Å²) < 4.78 is 5.69. The maximum Gasteiger partial charge on any atom is 0.119 e. The third-order valence-electron chi connectivity index (χ3n) is 3.68. The maximum absolute atomic E-state index is 10.2. The molecule has 0 bridgehead atoms. The molecule has 19 heavy (non-hydrogen) atoms. The van der Waals surface area contributed by atoms with Crippen LogP contribution in [-0.2, 0) is 6.42 Å². The Morgan fingerprint density at radius 3 is 2.74 bits per heavy atom. The van der Waals surface area contributed by atoms with Crippen molar-refractivity contribution in [1.82, 2.24) is 0 Å². The van der Waals surface area contributed by atoms with Gasteiger partial charge in [-0.05, 0) is 37.0 Å². The molecule has 1 atom stereocenters. The Morgan fingerprint density at radius 1 is 1.32 bits per heavy atom. The number of benzene rings is 1. The number of nitrogens with two attached hydrogens (primary N) is 1. The molecule has 1 unspecified atom stereocenters. The van der Waals surface area contributed by atoms with Crippen LogP contribution < -0.4 is 10.5 Å². The molecule has 1 aromatic carbocycles. The normalized spacial score (nSPS) is 19.3. The van der Waals surface area contributed by atoms with Crippen LogP contribution in [0.15, 0.2) is 24.3 Å². The van der Waals surface area contributed by atoms with E-state index in [-0.39, 0.29) is 6.54 Å². The van der Waals surface area contributed by atoms with E-state index in [0.717, 1.165) is 37.0 Å². The van der Waals surface area contributed by atoms with Gasteiger partial charge in [-0.25, -0.2) is 0 Å². The summed E-state index contributed by atoms with van der Waals surface area (Å²) in [5.41, 5.74) is 5.74. The van der Waals surface area contributed by atoms with Gasteiger partial charge in [-0.1, -0.05) is 25.0 Å². The summed E-state index contributed by atoms with van der Waals surface area (Å²) in [6.07, 6.45) is 3.79. The van der Waals surface area contributed by atoms with Gasteiger partial charge in [0.05, 0.1) is 11.7 Å². The Hall–Kier alpha value is -1.10. The molecule has 4 heteroatoms. The molecule has 0 saturated heterocycles. The fourth-order valence-electron chi connectivity index (χ4n) is 2.51. The van der Waals surface area contributed by atoms with Crippen molar-refractivity contribution in [3.8, 4) is 5.75 Å². The first-order chi connectivity index (χ1) is 9.11. The Morgan fingerprint density at radius 2 is 2.05 bits per heavy atom. The van der Waals surface area contributed by atoms with Crippen LogP contribution in [0.3, 0.4) is 0 Å². The lowest BCUT2D eigenvalue weighted by Gasteiger charge is -2.22. The van der Waals surface area contributed by atoms with Gasteiger partial charge in [0.2, 0.25) is 0 Å². The summed E-state index contributed by atoms with van der Waals surface area (Å²) in [6.45, 7) is 0.598. The first-order valence-corrected chi connectivity index (χ1v) is 6.93. The van der Waals surface area contributed by atoms with Crippen LogP contribution in [0.25, 0.3) is 0 Å². The highest BCUT2D eigenvalue weighted by Crippen LogP contribution is 2.30. The Kier molecular flexibility index (Phi) is 4.80. The molecule has 1 saturated carbocycles. The molecule has 0 amide bonds. The zero-order valence-corrected chi connectivity index (χ0v) is 11.2. The second-order valence-electron chi connectivity index (χ2n) is 5.46. The molecule has 0 radical (unpaired) electrons. The van der Waals surface area contributed by atoms with Crippen molar-refractivity contribution in [2.45, 2.75) is 43.8 Å². The summed E-state index contributed by atoms with van der Waals surface area (Å²) in [4.78, 5) is 0. The van der Waals surface area contributed by atoms with E-state index in [1.54, 1.807) is 0 Å². The maximum atomic E-state index is 10.2. The summed E-state index contributed by atoms with van der Waals surface area (Å²) in [6, 6.07) is 7.61. The summed E-state index contributed by atoms with van der Waals surface area (Å²) in [7, 11) is 0. The Bertz CT molecular complexity index is 402. The molecule has 106 valence electrons. The van der Waals surface area contributed by atoms with E-state index in [2.05, 4.69) is 0 Å². The fourth-order valence-corrected chi connectivity index (χ4v) is 2.51. The lowest BCUT2D eigenvalue weighted by molar-refractivity contribution is 0.00137. The van der Waals surface area contributed by atoms with Crippen LogP contribution >= 0.6 is 0 Å². The number of hydrogen-bond acceptors (Lipinski definition) is 4. The number of aliphatic hydroxyl groups excluding tert-OH is 1. The third kappa shape index (κ3) is 4.20. The Balaban J connectivity index is 1.91. The average molecular weight is 265 g/mol. The van der Waals surface area contributed by atoms with Crippen LogP contribution in [0.2, 0.25) is 0 Å². The molecule has 0 aliphatic heterocycles. The minimum atomic E-state index is -0.660. The van der Waals surface area contributed by atoms with Crippen molar-refractivity contribution < 1.29 is 14.9 Å². The highest BCUT2D eigenvalue weighted by atomic mass is 16.5. The lowest BCUT2D eigenvalue weighted by atomic mass is 10.0. The topological polar surface area (TPSA) is 75.7 Å². The zero-order chi connectivity index (χ0) is 13.7. The van der Waals surface area contributed by atoms with E-state index < -0.39 is 11.7 Å². The van der Waals surface area contributed by atoms with Crippen molar-refractivity contribution in [3.63, 3.8) is 0 Å². The standard InChI is InChI=1S/C15H23NO3/c16-10-13(17)8-12-4-3-5-14(9-12)19-11-15(18)6-1-2-7-15/h3-5,9,13,17-18H,1-2,6-8,10-11,16H2. The van der Waals surface area contributed by atoms with Gasteiger partial charge in [0.25, 0.3) is 0 Å². The molecule has 2 rings (SSSR count). The van der Waals surface area contributed by atoms with Gasteiger partial charge in [0.15, 0.2) is 0 Å². The number of ether oxygens (including phenoxy) is 1. The van der Waals surface area contributed by atoms with E-state index in [1.807, 2.05) is 24.3 Å². The van der Waals surface area contributed by atoms with E-state index in [0.29, 0.717) is 13.0 Å². The quantitative estimate of drug-likeness (QED) is 0.723. The summed E-state index contributed by atoms with van der Waals surface area (Å²) in [5.74, 6) is 0.738. The highest BCUT2D eigenvalue weighted by Gasteiger charge is 2.31. The molecule has 4 nitrogen and oxygen atoms in total. The number of hydrogen-bond donors (Lipinski definition) is 3. The third-order valence-corrected chi connectivity index (χ3v) is 3.68. The molecule has 4 N–H and O–H groups in total. The molecule has 0 aromatic heterocycles. The van der Waals surface area contributed by atoms with E-state index >= 15 is 0 Å². The van der Waals surface area contributed by atoms with Crippen LogP contribution in [0.4, 0.5) is 0 Å². The predicted molar refractivity (Wildman–Crippen MR) is 74.1 cm³/mol. The second-order valence-corrected chi connectivity index (χ2v) is 5.46. The number of rotatable bonds is 6. The first-order valence-electron chi connectivity index (χ1n) is 6.93. The monoisotopic (exact) mass is 265 g/mol. The smallest absolute Gasteiger partial charge is 0.119 e. The largest absolute Gasteiger partial charge is 0.491 e. The van der Waals surface area contributed by atoms with Crippen molar-refractivity contribution in [1.29, 1.82) is 0 Å². The highest BCUT2D eigenvalue weighted by molar-refractivity contribution is 5.29. The van der Waals surface area contributed by atoms with Crippen molar-refractivity contribution in [3.05, 3.63) is 29.8 Å². The Labute approximate surface area is 114 Å². The molecule has 1 aromatic rings. The minimum absolute atomic E-state index is 0.255. The molecule has 1 aliphatic rings. The van der Waals surface area contributed by atoms with E-state index in [4.69, 9.17) is 10.5 Å². The fraction of sp³-hybridized carbons (Fsp3) is 0.600. The van der Waals surface area contributed by atoms with E-state index in [9.17, 15) is 10.2 Å². The molecule has 0 heterocycles. The molecule has 1 fully saturated rings. The van der Waals surface area contributed by atoms with Gasteiger partial charge in [-0.15, -0.1) is 0 Å². The van der Waals surface area contributed by atoms with Crippen molar-refractivity contribution in [2.24, 2.45) is 5.73 Å². The average Bonchev–Trinajstić information content (AvgIpc) is 2.84. The molecule has 1 aliphatic carbocycles. The van der Waals surface area contributed by atoms with Crippen molar-refractivity contribution >= 4 is 0 Å². The lowest BCUT2D eigenvalue weighted by Crippen LogP contribution is -2.32. The first kappa shape index (κ1) is 14.3. The van der Waals surface area contributed by atoms with Gasteiger partial charge < -0.3 is 20.7 Å². The van der Waals surface area contributed by atoms with Gasteiger partial charge in [-0.2, -0.15) is 0 Å². The van der Waals surface area contributed by atoms with Crippen LogP contribution in [0.1, 0.15) is 31.2 Å². The van der Waals surface area contributed by atoms with E-state index in [1.165, 1.54) is 0 Å². The van der Waals surface area contributed by atoms with Gasteiger partial charge in [0, 0.05) is 6.54 Å². The van der Waals surface area contributed by atoms with Gasteiger partial charge in [-0.3, -0.25) is 0 Å². The minimum Gasteiger partial charge on any atom is -0.491 e. The summed E-state index contributed by atoms with van der Waals surface area (Å²) in [5, 5.41) is 19.8. The molecule has 0 spiro atoms.